The largest absolute Gasteiger partial charge is 0.520 e. The Bertz CT molecular complexity index is 1210. The van der Waals surface area contributed by atoms with Gasteiger partial charge in [-0.1, -0.05) is 24.3 Å². The summed E-state index contributed by atoms with van der Waals surface area (Å²) in [4.78, 5) is 2.50. The van der Waals surface area contributed by atoms with Gasteiger partial charge in [0.1, 0.15) is 5.35 Å². The Morgan fingerprint density at radius 3 is 1.79 bits per heavy atom. The molecule has 0 bridgehead atoms. The molecule has 8 nitrogen and oxygen atoms in total. The summed E-state index contributed by atoms with van der Waals surface area (Å²) in [5, 5.41) is 0.00658. The average Bonchev–Trinajstić information content (AvgIpc) is 2.76. The lowest BCUT2D eigenvalue weighted by Crippen LogP contribution is -2.23. The molecule has 1 aromatic carbocycles. The van der Waals surface area contributed by atoms with E-state index in [2.05, 4.69) is 4.98 Å². The third-order valence-corrected chi connectivity index (χ3v) is 8.21. The summed E-state index contributed by atoms with van der Waals surface area (Å²) in [5.74, 6) is 0. The summed E-state index contributed by atoms with van der Waals surface area (Å²) < 4.78 is 80.1. The normalized spacial score (nSPS) is 14.0. The number of thiol groups is 1. The average molecular weight is 410 g/mol. The lowest BCUT2D eigenvalue weighted by Gasteiger charge is -2.01. The summed E-state index contributed by atoms with van der Waals surface area (Å²) in [7, 11) is -11.6. The van der Waals surface area contributed by atoms with Gasteiger partial charge in [0, 0.05) is 27.5 Å². The third-order valence-electron chi connectivity index (χ3n) is 3.05. The number of H-pyrrole nitrogens is 1. The standard InChI is InChI=1S/C12H12NO7S4/c1-23(17,18)12(24(2,19)20)10-8-6-4-3-5-7(8)9(13-10)11(21-14)22(15)16/h3-6,13,22H,1-2H3/q+1/b11-9-. The topological polar surface area (TPSA) is 135 Å². The molecule has 0 unspecified atom stereocenters. The van der Waals surface area contributed by atoms with Gasteiger partial charge in [-0.05, 0) is 0 Å². The lowest BCUT2D eigenvalue weighted by atomic mass is 10.2. The fourth-order valence-corrected chi connectivity index (χ4v) is 6.43. The molecule has 2 aromatic rings. The Morgan fingerprint density at radius 2 is 1.42 bits per heavy atom. The van der Waals surface area contributed by atoms with Crippen molar-refractivity contribution in [3.8, 4) is 0 Å². The predicted molar refractivity (Wildman–Crippen MR) is 92.4 cm³/mol. The molecule has 0 aliphatic heterocycles. The van der Waals surface area contributed by atoms with Crippen LogP contribution in [0.4, 0.5) is 0 Å². The highest BCUT2D eigenvalue weighted by Gasteiger charge is 2.27. The van der Waals surface area contributed by atoms with Gasteiger partial charge >= 0.3 is 15.9 Å². The van der Waals surface area contributed by atoms with Crippen LogP contribution < -0.4 is 10.7 Å². The van der Waals surface area contributed by atoms with Crippen LogP contribution in [0.5, 0.6) is 0 Å². The summed E-state index contributed by atoms with van der Waals surface area (Å²) >= 11 is -0.283. The van der Waals surface area contributed by atoms with E-state index >= 15 is 0 Å². The van der Waals surface area contributed by atoms with Crippen LogP contribution in [0, 0.1) is 0 Å². The number of fused-ring (bicyclic) bond motifs is 1. The molecule has 0 fully saturated rings. The second-order valence-corrected chi connectivity index (χ2v) is 10.9. The molecular formula is C12H12NO7S4+. The van der Waals surface area contributed by atoms with Gasteiger partial charge in [-0.15, -0.1) is 0 Å². The third kappa shape index (κ3) is 3.41. The first-order chi connectivity index (χ1) is 11.0. The van der Waals surface area contributed by atoms with E-state index in [-0.39, 0.29) is 33.1 Å². The van der Waals surface area contributed by atoms with Crippen LogP contribution >= 0.6 is 0 Å². The number of rotatable bonds is 4. The number of hydrogen-bond donors (Lipinski definition) is 2. The van der Waals surface area contributed by atoms with Gasteiger partial charge in [-0.2, -0.15) is 0 Å². The highest BCUT2D eigenvalue weighted by molar-refractivity contribution is 8.21. The van der Waals surface area contributed by atoms with Gasteiger partial charge in [-0.3, -0.25) is 0 Å². The molecule has 130 valence electrons. The molecule has 12 heteroatoms. The van der Waals surface area contributed by atoms with E-state index in [1.165, 1.54) is 18.2 Å². The summed E-state index contributed by atoms with van der Waals surface area (Å²) in [6.07, 6.45) is 1.47. The van der Waals surface area contributed by atoms with E-state index in [0.717, 1.165) is 12.5 Å². The van der Waals surface area contributed by atoms with Crippen molar-refractivity contribution in [3.63, 3.8) is 0 Å². The van der Waals surface area contributed by atoms with Gasteiger partial charge in [0.25, 0.3) is 0 Å². The van der Waals surface area contributed by atoms with Crippen LogP contribution in [0.1, 0.15) is 0 Å². The van der Waals surface area contributed by atoms with E-state index in [0.29, 0.717) is 0 Å². The van der Waals surface area contributed by atoms with Crippen molar-refractivity contribution >= 4 is 61.3 Å². The molecule has 0 spiro atoms. The van der Waals surface area contributed by atoms with Crippen molar-refractivity contribution in [2.75, 3.05) is 12.5 Å². The van der Waals surface area contributed by atoms with Gasteiger partial charge in [0.05, 0.1) is 5.35 Å². The zero-order valence-corrected chi connectivity index (χ0v) is 15.7. The van der Waals surface area contributed by atoms with Crippen molar-refractivity contribution in [2.45, 2.75) is 0 Å². The molecule has 0 atom stereocenters. The maximum atomic E-state index is 12.0. The monoisotopic (exact) mass is 410 g/mol. The molecule has 0 aliphatic carbocycles. The quantitative estimate of drug-likeness (QED) is 0.459. The Kier molecular flexibility index (Phi) is 4.95. The van der Waals surface area contributed by atoms with Crippen molar-refractivity contribution in [1.82, 2.24) is 4.98 Å². The highest BCUT2D eigenvalue weighted by atomic mass is 32.3. The van der Waals surface area contributed by atoms with Gasteiger partial charge in [0.15, 0.2) is 23.9 Å². The smallest absolute Gasteiger partial charge is 0.347 e. The van der Waals surface area contributed by atoms with Crippen LogP contribution in [0.25, 0.3) is 19.2 Å². The van der Waals surface area contributed by atoms with E-state index < -0.39 is 38.9 Å². The number of aromatic amines is 1. The van der Waals surface area contributed by atoms with Crippen LogP contribution in [0.3, 0.4) is 0 Å². The van der Waals surface area contributed by atoms with Crippen LogP contribution in [0.2, 0.25) is 0 Å². The number of nitrogens with one attached hydrogen (secondary N) is 1. The minimum Gasteiger partial charge on any atom is -0.347 e. The van der Waals surface area contributed by atoms with Gasteiger partial charge in [0.2, 0.25) is 10.7 Å². The minimum atomic E-state index is -4.15. The number of hydrogen-bond acceptors (Lipinski definition) is 7. The van der Waals surface area contributed by atoms with Crippen molar-refractivity contribution in [1.29, 1.82) is 0 Å². The van der Waals surface area contributed by atoms with E-state index in [1.54, 1.807) is 6.07 Å². The van der Waals surface area contributed by atoms with Gasteiger partial charge < -0.3 is 4.98 Å². The summed E-state index contributed by atoms with van der Waals surface area (Å²) in [5.41, 5.74) is 0. The summed E-state index contributed by atoms with van der Waals surface area (Å²) in [6.45, 7) is 0. The Morgan fingerprint density at radius 1 is 0.958 bits per heavy atom. The van der Waals surface area contributed by atoms with Crippen LogP contribution in [0.15, 0.2) is 24.3 Å². The second kappa shape index (κ2) is 6.35. The zero-order chi connectivity index (χ0) is 18.3. The highest BCUT2D eigenvalue weighted by Crippen LogP contribution is 2.15. The van der Waals surface area contributed by atoms with E-state index in [9.17, 15) is 29.5 Å². The molecule has 0 saturated carbocycles. The lowest BCUT2D eigenvalue weighted by molar-refractivity contribution is 0.604. The number of benzene rings is 1. The molecule has 0 amide bonds. The first kappa shape index (κ1) is 18.7. The molecule has 1 heterocycles. The zero-order valence-electron chi connectivity index (χ0n) is 12.3. The Labute approximate surface area is 143 Å². The molecule has 1 N–H and O–H groups in total. The number of aromatic nitrogens is 1. The maximum Gasteiger partial charge on any atom is 0.520 e. The van der Waals surface area contributed by atoms with Crippen molar-refractivity contribution in [3.05, 3.63) is 35.0 Å². The molecule has 0 saturated heterocycles. The fraction of sp³-hybridized carbons (Fsp3) is 0.167. The summed E-state index contributed by atoms with van der Waals surface area (Å²) in [6, 6.07) is 5.98. The molecule has 0 radical (unpaired) electrons. The molecular weight excluding hydrogens is 398 g/mol. The Hall–Kier alpha value is -1.63. The van der Waals surface area contributed by atoms with Crippen LogP contribution in [-0.4, -0.2) is 42.7 Å². The van der Waals surface area contributed by atoms with E-state index in [4.69, 9.17) is 0 Å². The Balaban J connectivity index is 3.40. The minimum absolute atomic E-state index is 0.137. The fourth-order valence-electron chi connectivity index (χ4n) is 2.32. The molecule has 1 aromatic heterocycles. The first-order valence-electron chi connectivity index (χ1n) is 6.18. The van der Waals surface area contributed by atoms with Gasteiger partial charge in [-0.25, -0.2) is 25.3 Å². The molecule has 0 aliphatic rings. The van der Waals surface area contributed by atoms with Crippen molar-refractivity contribution in [2.24, 2.45) is 0 Å². The molecule has 24 heavy (non-hydrogen) atoms. The number of sulfone groups is 2. The van der Waals surface area contributed by atoms with Crippen LogP contribution in [-0.2, 0) is 46.3 Å². The predicted octanol–water partition coefficient (Wildman–Crippen LogP) is -1.57. The maximum absolute atomic E-state index is 12.0. The molecule has 2 rings (SSSR count). The first-order valence-corrected chi connectivity index (χ1v) is 11.9. The van der Waals surface area contributed by atoms with Crippen molar-refractivity contribution < 1.29 is 29.5 Å². The SMILES string of the molecule is CS(=O)(=O)C(=c1[nH]/c(=C(/[S+]=O)[SH](=O)=O)c2ccccc12)S(C)(=O)=O. The second-order valence-electron chi connectivity index (χ2n) is 4.90. The van der Waals surface area contributed by atoms with E-state index in [1.807, 2.05) is 0 Å².